The van der Waals surface area contributed by atoms with Gasteiger partial charge in [-0.15, -0.1) is 11.3 Å². The average molecular weight is 446 g/mol. The van der Waals surface area contributed by atoms with Gasteiger partial charge in [-0.05, 0) is 48.9 Å². The van der Waals surface area contributed by atoms with Crippen molar-refractivity contribution >= 4 is 44.9 Å². The number of nitrogens with zero attached hydrogens (tertiary/aromatic N) is 2. The average Bonchev–Trinajstić information content (AvgIpc) is 3.25. The van der Waals surface area contributed by atoms with Crippen molar-refractivity contribution in [3.8, 4) is 11.5 Å². The molecular formula is C23H18N4O4S. The van der Waals surface area contributed by atoms with Crippen LogP contribution in [0.15, 0.2) is 54.9 Å². The maximum Gasteiger partial charge on any atom is 0.265 e. The first-order chi connectivity index (χ1) is 15.6. The number of benzene rings is 2. The van der Waals surface area contributed by atoms with Crippen molar-refractivity contribution in [1.82, 2.24) is 9.97 Å². The van der Waals surface area contributed by atoms with Crippen molar-refractivity contribution in [2.45, 2.75) is 6.92 Å². The number of rotatable bonds is 4. The van der Waals surface area contributed by atoms with Gasteiger partial charge in [-0.25, -0.2) is 4.98 Å². The Morgan fingerprint density at radius 2 is 1.72 bits per heavy atom. The van der Waals surface area contributed by atoms with Crippen molar-refractivity contribution in [3.05, 3.63) is 70.9 Å². The quantitative estimate of drug-likeness (QED) is 0.485. The fraction of sp³-hybridized carbons (Fsp3) is 0.130. The number of carbonyl (C=O) groups is 2. The van der Waals surface area contributed by atoms with Crippen LogP contribution in [-0.4, -0.2) is 35.0 Å². The van der Waals surface area contributed by atoms with E-state index >= 15 is 0 Å². The summed E-state index contributed by atoms with van der Waals surface area (Å²) in [5.41, 5.74) is 3.16. The first-order valence-electron chi connectivity index (χ1n) is 9.90. The Balaban J connectivity index is 1.33. The number of fused-ring (bicyclic) bond motifs is 2. The van der Waals surface area contributed by atoms with E-state index < -0.39 is 0 Å². The van der Waals surface area contributed by atoms with E-state index in [0.29, 0.717) is 56.9 Å². The van der Waals surface area contributed by atoms with Gasteiger partial charge < -0.3 is 20.1 Å². The third kappa shape index (κ3) is 3.97. The third-order valence-electron chi connectivity index (χ3n) is 4.94. The third-order valence-corrected chi connectivity index (χ3v) is 5.97. The Bertz CT molecular complexity index is 1320. The van der Waals surface area contributed by atoms with Crippen LogP contribution in [0.3, 0.4) is 0 Å². The molecule has 0 saturated heterocycles. The van der Waals surface area contributed by atoms with Crippen LogP contribution >= 0.6 is 11.3 Å². The Morgan fingerprint density at radius 3 is 2.56 bits per heavy atom. The molecule has 1 aliphatic heterocycles. The molecule has 0 spiro atoms. The molecule has 2 aromatic carbocycles. The zero-order valence-corrected chi connectivity index (χ0v) is 17.9. The molecule has 0 saturated carbocycles. The minimum absolute atomic E-state index is 0.256. The topological polar surface area (TPSA) is 102 Å². The monoisotopic (exact) mass is 446 g/mol. The van der Waals surface area contributed by atoms with Crippen LogP contribution in [0.1, 0.15) is 25.6 Å². The zero-order chi connectivity index (χ0) is 22.1. The van der Waals surface area contributed by atoms with Gasteiger partial charge >= 0.3 is 0 Å². The van der Waals surface area contributed by atoms with Gasteiger partial charge in [0.1, 0.15) is 23.6 Å². The number of ether oxygens (including phenoxy) is 2. The molecule has 0 radical (unpaired) electrons. The van der Waals surface area contributed by atoms with Gasteiger partial charge in [-0.3, -0.25) is 14.6 Å². The van der Waals surface area contributed by atoms with Crippen LogP contribution < -0.4 is 20.1 Å². The highest BCUT2D eigenvalue weighted by atomic mass is 32.1. The number of thiophene rings is 1. The number of hydrogen-bond donors (Lipinski definition) is 2. The van der Waals surface area contributed by atoms with Crippen molar-refractivity contribution in [2.24, 2.45) is 0 Å². The standard InChI is InChI=1S/C23H18N4O4S/c1-13-2-4-15(26-21(28)14-3-5-18-19(10-14)31-9-8-30-18)11-16(13)27-22(29)20-12-17-23(32-20)25-7-6-24-17/h2-7,10-12H,8-9H2,1H3,(H,26,28)(H,27,29). The summed E-state index contributed by atoms with van der Waals surface area (Å²) in [5, 5.41) is 5.77. The van der Waals surface area contributed by atoms with E-state index in [-0.39, 0.29) is 11.8 Å². The fourth-order valence-corrected chi connectivity index (χ4v) is 4.14. The predicted molar refractivity (Wildman–Crippen MR) is 122 cm³/mol. The number of carbonyl (C=O) groups excluding carboxylic acids is 2. The maximum atomic E-state index is 12.8. The molecule has 2 aromatic heterocycles. The van der Waals surface area contributed by atoms with Gasteiger partial charge in [0, 0.05) is 29.3 Å². The van der Waals surface area contributed by atoms with Crippen molar-refractivity contribution in [1.29, 1.82) is 0 Å². The zero-order valence-electron chi connectivity index (χ0n) is 17.0. The van der Waals surface area contributed by atoms with Crippen molar-refractivity contribution in [2.75, 3.05) is 23.8 Å². The summed E-state index contributed by atoms with van der Waals surface area (Å²) in [5.74, 6) is 0.630. The summed E-state index contributed by atoms with van der Waals surface area (Å²) in [6.07, 6.45) is 3.19. The number of aromatic nitrogens is 2. The molecule has 160 valence electrons. The van der Waals surface area contributed by atoms with E-state index in [1.807, 2.05) is 13.0 Å². The highest BCUT2D eigenvalue weighted by Crippen LogP contribution is 2.31. The Kier molecular flexibility index (Phi) is 5.16. The fourth-order valence-electron chi connectivity index (χ4n) is 3.29. The predicted octanol–water partition coefficient (Wildman–Crippen LogP) is 4.28. The molecule has 1 aliphatic rings. The lowest BCUT2D eigenvalue weighted by molar-refractivity contribution is 0.102. The SMILES string of the molecule is Cc1ccc(NC(=O)c2ccc3c(c2)OCCO3)cc1NC(=O)c1cc2nccnc2s1. The molecule has 2 amide bonds. The Hall–Kier alpha value is -3.98. The van der Waals surface area contributed by atoms with Gasteiger partial charge in [0.2, 0.25) is 0 Å². The molecule has 0 atom stereocenters. The molecule has 0 aliphatic carbocycles. The molecule has 0 fully saturated rings. The van der Waals surface area contributed by atoms with E-state index in [0.717, 1.165) is 5.56 Å². The lowest BCUT2D eigenvalue weighted by Gasteiger charge is -2.18. The minimum Gasteiger partial charge on any atom is -0.486 e. The second-order valence-corrected chi connectivity index (χ2v) is 8.18. The van der Waals surface area contributed by atoms with Gasteiger partial charge in [-0.1, -0.05) is 6.07 Å². The molecule has 8 nitrogen and oxygen atoms in total. The van der Waals surface area contributed by atoms with Crippen molar-refractivity contribution < 1.29 is 19.1 Å². The van der Waals surface area contributed by atoms with Crippen LogP contribution in [0, 0.1) is 6.92 Å². The highest BCUT2D eigenvalue weighted by molar-refractivity contribution is 7.20. The second-order valence-electron chi connectivity index (χ2n) is 7.15. The minimum atomic E-state index is -0.287. The number of amides is 2. The Morgan fingerprint density at radius 1 is 0.906 bits per heavy atom. The summed E-state index contributed by atoms with van der Waals surface area (Å²) >= 11 is 1.28. The van der Waals surface area contributed by atoms with Crippen LogP contribution in [-0.2, 0) is 0 Å². The van der Waals surface area contributed by atoms with Crippen LogP contribution in [0.4, 0.5) is 11.4 Å². The van der Waals surface area contributed by atoms with E-state index in [9.17, 15) is 9.59 Å². The molecule has 32 heavy (non-hydrogen) atoms. The molecule has 2 N–H and O–H groups in total. The van der Waals surface area contributed by atoms with Crippen LogP contribution in [0.25, 0.3) is 10.3 Å². The molecule has 9 heteroatoms. The van der Waals surface area contributed by atoms with Crippen molar-refractivity contribution in [3.63, 3.8) is 0 Å². The molecule has 3 heterocycles. The first kappa shape index (κ1) is 20.0. The number of hydrogen-bond acceptors (Lipinski definition) is 7. The van der Waals surface area contributed by atoms with Gasteiger partial charge in [0.15, 0.2) is 11.5 Å². The highest BCUT2D eigenvalue weighted by Gasteiger charge is 2.16. The van der Waals surface area contributed by atoms with E-state index in [1.54, 1.807) is 48.8 Å². The maximum absolute atomic E-state index is 12.8. The number of anilines is 2. The molecular weight excluding hydrogens is 428 g/mol. The second kappa shape index (κ2) is 8.27. The summed E-state index contributed by atoms with van der Waals surface area (Å²) in [7, 11) is 0. The van der Waals surface area contributed by atoms with E-state index in [2.05, 4.69) is 20.6 Å². The van der Waals surface area contributed by atoms with E-state index in [1.165, 1.54) is 11.3 Å². The lowest BCUT2D eigenvalue weighted by Crippen LogP contribution is -2.17. The van der Waals surface area contributed by atoms with Gasteiger partial charge in [0.05, 0.1) is 4.88 Å². The molecule has 0 bridgehead atoms. The summed E-state index contributed by atoms with van der Waals surface area (Å²) < 4.78 is 11.0. The van der Waals surface area contributed by atoms with Gasteiger partial charge in [-0.2, -0.15) is 0 Å². The molecule has 5 rings (SSSR count). The van der Waals surface area contributed by atoms with Crippen LogP contribution in [0.2, 0.25) is 0 Å². The summed E-state index contributed by atoms with van der Waals surface area (Å²) in [6.45, 7) is 2.83. The molecule has 4 aromatic rings. The smallest absolute Gasteiger partial charge is 0.265 e. The normalized spacial score (nSPS) is 12.4. The van der Waals surface area contributed by atoms with Crippen LogP contribution in [0.5, 0.6) is 11.5 Å². The number of aryl methyl sites for hydroxylation is 1. The first-order valence-corrected chi connectivity index (χ1v) is 10.7. The van der Waals surface area contributed by atoms with E-state index in [4.69, 9.17) is 9.47 Å². The Labute approximate surface area is 187 Å². The number of nitrogens with one attached hydrogen (secondary N) is 2. The summed E-state index contributed by atoms with van der Waals surface area (Å²) in [4.78, 5) is 35.1. The lowest BCUT2D eigenvalue weighted by atomic mass is 10.1. The molecule has 0 unspecified atom stereocenters. The largest absolute Gasteiger partial charge is 0.486 e. The summed E-state index contributed by atoms with van der Waals surface area (Å²) in [6, 6.07) is 12.1. The van der Waals surface area contributed by atoms with Gasteiger partial charge in [0.25, 0.3) is 11.8 Å².